The lowest BCUT2D eigenvalue weighted by Gasteiger charge is -2.25. The van der Waals surface area contributed by atoms with Gasteiger partial charge in [0.1, 0.15) is 18.2 Å². The molecule has 2 aromatic carbocycles. The molecule has 0 atom stereocenters. The highest BCUT2D eigenvalue weighted by Crippen LogP contribution is 2.42. The first kappa shape index (κ1) is 22.1. The van der Waals surface area contributed by atoms with Crippen LogP contribution in [0.4, 0.5) is 4.39 Å². The number of carbonyl (C=O) groups is 1. The van der Waals surface area contributed by atoms with Crippen LogP contribution in [-0.2, 0) is 25.0 Å². The molecule has 168 valence electrons. The number of aromatic amines is 1. The second-order valence-corrected chi connectivity index (χ2v) is 8.84. The Morgan fingerprint density at radius 2 is 2.06 bits per heavy atom. The van der Waals surface area contributed by atoms with Crippen molar-refractivity contribution in [2.75, 3.05) is 0 Å². The Kier molecular flexibility index (Phi) is 5.81. The van der Waals surface area contributed by atoms with Crippen molar-refractivity contribution < 1.29 is 13.9 Å². The molecule has 1 saturated carbocycles. The summed E-state index contributed by atoms with van der Waals surface area (Å²) in [6, 6.07) is 8.18. The first-order valence-corrected chi connectivity index (χ1v) is 10.6. The van der Waals surface area contributed by atoms with Crippen LogP contribution in [0.2, 0.25) is 5.02 Å². The van der Waals surface area contributed by atoms with Crippen LogP contribution < -0.4 is 10.4 Å². The molecule has 0 unspecified atom stereocenters. The van der Waals surface area contributed by atoms with Gasteiger partial charge in [0.25, 0.3) is 0 Å². The van der Waals surface area contributed by atoms with Crippen molar-refractivity contribution >= 4 is 18.0 Å². The van der Waals surface area contributed by atoms with E-state index in [0.717, 1.165) is 30.4 Å². The van der Waals surface area contributed by atoms with Gasteiger partial charge in [-0.2, -0.15) is 5.10 Å². The molecule has 9 heteroatoms. The lowest BCUT2D eigenvalue weighted by atomic mass is 9.99. The largest absolute Gasteiger partial charge is 0.485 e. The van der Waals surface area contributed by atoms with Crippen molar-refractivity contribution in [2.24, 2.45) is 7.05 Å². The van der Waals surface area contributed by atoms with Gasteiger partial charge < -0.3 is 9.64 Å². The zero-order valence-electron chi connectivity index (χ0n) is 18.1. The number of nitrogens with one attached hydrogen (secondary N) is 1. The SMILES string of the molecule is Cc1cc(OCc2n[nH]c(=O)n2C)c(-c2cc(CN(C=O)C3(C)CC3)ccc2F)cc1Cl. The molecular weight excluding hydrogens is 435 g/mol. The highest BCUT2D eigenvalue weighted by molar-refractivity contribution is 6.31. The number of hydrogen-bond donors (Lipinski definition) is 1. The molecule has 1 aliphatic carbocycles. The molecule has 0 radical (unpaired) electrons. The van der Waals surface area contributed by atoms with Crippen LogP contribution in [0.1, 0.15) is 36.7 Å². The number of aromatic nitrogens is 3. The molecule has 0 saturated heterocycles. The molecule has 1 N–H and O–H groups in total. The fraction of sp³-hybridized carbons (Fsp3) is 0.348. The lowest BCUT2D eigenvalue weighted by Crippen LogP contribution is -2.32. The summed E-state index contributed by atoms with van der Waals surface area (Å²) in [5, 5.41) is 6.77. The Labute approximate surface area is 189 Å². The quantitative estimate of drug-likeness (QED) is 0.518. The normalized spacial score (nSPS) is 14.3. The summed E-state index contributed by atoms with van der Waals surface area (Å²) in [4.78, 5) is 24.9. The molecule has 1 aromatic heterocycles. The second kappa shape index (κ2) is 8.43. The zero-order chi connectivity index (χ0) is 23.0. The molecule has 1 heterocycles. The summed E-state index contributed by atoms with van der Waals surface area (Å²) < 4.78 is 22.2. The maximum Gasteiger partial charge on any atom is 0.343 e. The molecule has 4 rings (SSSR count). The van der Waals surface area contributed by atoms with E-state index in [0.29, 0.717) is 34.3 Å². The highest BCUT2D eigenvalue weighted by atomic mass is 35.5. The van der Waals surface area contributed by atoms with Crippen LogP contribution >= 0.6 is 11.6 Å². The summed E-state index contributed by atoms with van der Waals surface area (Å²) >= 11 is 6.35. The Morgan fingerprint density at radius 3 is 2.69 bits per heavy atom. The van der Waals surface area contributed by atoms with Crippen LogP contribution in [0, 0.1) is 12.7 Å². The van der Waals surface area contributed by atoms with Gasteiger partial charge in [-0.15, -0.1) is 0 Å². The van der Waals surface area contributed by atoms with Gasteiger partial charge in [0, 0.05) is 35.3 Å². The van der Waals surface area contributed by atoms with E-state index in [2.05, 4.69) is 10.2 Å². The molecular formula is C23H24ClFN4O3. The highest BCUT2D eigenvalue weighted by Gasteiger charge is 2.42. The van der Waals surface area contributed by atoms with E-state index in [1.165, 1.54) is 10.6 Å². The minimum Gasteiger partial charge on any atom is -0.485 e. The predicted molar refractivity (Wildman–Crippen MR) is 119 cm³/mol. The Morgan fingerprint density at radius 1 is 1.31 bits per heavy atom. The van der Waals surface area contributed by atoms with Gasteiger partial charge in [0.05, 0.1) is 0 Å². The minimum atomic E-state index is -0.430. The van der Waals surface area contributed by atoms with Gasteiger partial charge in [-0.1, -0.05) is 17.7 Å². The van der Waals surface area contributed by atoms with Crippen molar-refractivity contribution in [3.05, 3.63) is 68.6 Å². The average Bonchev–Trinajstić information content (AvgIpc) is 3.44. The van der Waals surface area contributed by atoms with E-state index in [-0.39, 0.29) is 17.8 Å². The van der Waals surface area contributed by atoms with Gasteiger partial charge in [-0.05, 0) is 62.1 Å². The number of rotatable bonds is 8. The number of amides is 1. The van der Waals surface area contributed by atoms with Crippen molar-refractivity contribution in [3.63, 3.8) is 0 Å². The fourth-order valence-electron chi connectivity index (χ4n) is 3.53. The smallest absolute Gasteiger partial charge is 0.343 e. The summed E-state index contributed by atoms with van der Waals surface area (Å²) in [5.41, 5.74) is 1.90. The van der Waals surface area contributed by atoms with Crippen molar-refractivity contribution in [1.29, 1.82) is 0 Å². The monoisotopic (exact) mass is 458 g/mol. The van der Waals surface area contributed by atoms with Crippen molar-refractivity contribution in [2.45, 2.75) is 45.4 Å². The lowest BCUT2D eigenvalue weighted by molar-refractivity contribution is -0.121. The predicted octanol–water partition coefficient (Wildman–Crippen LogP) is 3.97. The molecule has 0 spiro atoms. The summed E-state index contributed by atoms with van der Waals surface area (Å²) in [7, 11) is 1.58. The number of aryl methyl sites for hydroxylation is 1. The number of hydrogen-bond acceptors (Lipinski definition) is 4. The summed E-state index contributed by atoms with van der Waals surface area (Å²) in [5.74, 6) is 0.392. The van der Waals surface area contributed by atoms with Gasteiger partial charge in [0.15, 0.2) is 5.82 Å². The molecule has 1 fully saturated rings. The van der Waals surface area contributed by atoms with Crippen LogP contribution in [0.3, 0.4) is 0 Å². The van der Waals surface area contributed by atoms with Gasteiger partial charge in [-0.25, -0.2) is 14.3 Å². The third-order valence-corrected chi connectivity index (χ3v) is 6.47. The van der Waals surface area contributed by atoms with E-state index in [1.807, 2.05) is 13.8 Å². The molecule has 0 aliphatic heterocycles. The standard InChI is InChI=1S/C23H24ClFN4O3/c1-14-8-20(32-12-21-26-27-22(31)28(21)3)17(10-18(14)24)16-9-15(4-5-19(16)25)11-29(13-30)23(2)6-7-23/h4-5,8-10,13H,6-7,11-12H2,1-3H3,(H,27,31). The average molecular weight is 459 g/mol. The van der Waals surface area contributed by atoms with E-state index in [4.69, 9.17) is 16.3 Å². The molecule has 1 amide bonds. The molecule has 3 aromatic rings. The maximum absolute atomic E-state index is 14.9. The number of halogens is 2. The van der Waals surface area contributed by atoms with Crippen LogP contribution in [0.5, 0.6) is 5.75 Å². The first-order valence-electron chi connectivity index (χ1n) is 10.3. The molecule has 7 nitrogen and oxygen atoms in total. The summed E-state index contributed by atoms with van der Waals surface area (Å²) in [6.07, 6.45) is 2.77. The zero-order valence-corrected chi connectivity index (χ0v) is 18.9. The molecule has 0 bridgehead atoms. The van der Waals surface area contributed by atoms with Gasteiger partial charge >= 0.3 is 5.69 Å². The Balaban J connectivity index is 1.69. The molecule has 32 heavy (non-hydrogen) atoms. The topological polar surface area (TPSA) is 80.2 Å². The van der Waals surface area contributed by atoms with Gasteiger partial charge in [-0.3, -0.25) is 9.36 Å². The van der Waals surface area contributed by atoms with Gasteiger partial charge in [0.2, 0.25) is 6.41 Å². The fourth-order valence-corrected chi connectivity index (χ4v) is 3.70. The first-order chi connectivity index (χ1) is 15.2. The number of carbonyl (C=O) groups excluding carboxylic acids is 1. The maximum atomic E-state index is 14.9. The molecule has 1 aliphatic rings. The second-order valence-electron chi connectivity index (χ2n) is 8.43. The van der Waals surface area contributed by atoms with E-state index >= 15 is 0 Å². The Hall–Kier alpha value is -3.13. The number of H-pyrrole nitrogens is 1. The Bertz CT molecular complexity index is 1230. The number of ether oxygens (including phenoxy) is 1. The number of nitrogens with zero attached hydrogens (tertiary/aromatic N) is 3. The van der Waals surface area contributed by atoms with Crippen molar-refractivity contribution in [3.8, 4) is 16.9 Å². The summed E-state index contributed by atoms with van der Waals surface area (Å²) in [6.45, 7) is 4.27. The van der Waals surface area contributed by atoms with E-state index in [1.54, 1.807) is 36.2 Å². The van der Waals surface area contributed by atoms with Crippen molar-refractivity contribution in [1.82, 2.24) is 19.7 Å². The van der Waals surface area contributed by atoms with E-state index < -0.39 is 5.82 Å². The van der Waals surface area contributed by atoms with Crippen LogP contribution in [-0.4, -0.2) is 31.6 Å². The minimum absolute atomic E-state index is 0.0158. The van der Waals surface area contributed by atoms with Crippen LogP contribution in [0.15, 0.2) is 35.1 Å². The van der Waals surface area contributed by atoms with Crippen LogP contribution in [0.25, 0.3) is 11.1 Å². The number of benzene rings is 2. The third kappa shape index (κ3) is 4.27. The third-order valence-electron chi connectivity index (χ3n) is 6.06. The van der Waals surface area contributed by atoms with E-state index in [9.17, 15) is 14.0 Å².